The summed E-state index contributed by atoms with van der Waals surface area (Å²) in [6.07, 6.45) is 3.47. The van der Waals surface area contributed by atoms with E-state index in [-0.39, 0.29) is 18.2 Å². The first-order valence-corrected chi connectivity index (χ1v) is 6.40. The first-order valence-electron chi connectivity index (χ1n) is 6.40. The zero-order chi connectivity index (χ0) is 13.9. The van der Waals surface area contributed by atoms with Crippen LogP contribution in [0.25, 0.3) is 0 Å². The summed E-state index contributed by atoms with van der Waals surface area (Å²) in [6.45, 7) is 2.49. The molecule has 2 aliphatic heterocycles. The molecule has 8 nitrogen and oxygen atoms in total. The number of piperazine rings is 1. The highest BCUT2D eigenvalue weighted by Gasteiger charge is 2.29. The van der Waals surface area contributed by atoms with Gasteiger partial charge in [-0.1, -0.05) is 0 Å². The second-order valence-corrected chi connectivity index (χ2v) is 4.60. The average molecular weight is 274 g/mol. The molecule has 1 N–H and O–H groups in total. The first kappa shape index (κ1) is 12.5. The fourth-order valence-electron chi connectivity index (χ4n) is 2.23. The fraction of sp³-hybridized carbons (Fsp3) is 0.417. The minimum Gasteiger partial charge on any atom is -0.337 e. The molecule has 20 heavy (non-hydrogen) atoms. The molecular formula is C12H14N6O2. The van der Waals surface area contributed by atoms with Crippen molar-refractivity contribution in [2.24, 2.45) is 5.10 Å². The number of carbonyl (C=O) groups is 2. The number of nitrogens with one attached hydrogen (secondary N) is 1. The molecule has 1 aromatic heterocycles. The number of rotatable bonds is 2. The number of carbonyl (C=O) groups excluding carboxylic acids is 2. The van der Waals surface area contributed by atoms with Gasteiger partial charge in [-0.25, -0.2) is 15.4 Å². The third kappa shape index (κ3) is 2.44. The zero-order valence-corrected chi connectivity index (χ0v) is 10.8. The largest absolute Gasteiger partial charge is 0.337 e. The number of nitrogens with zero attached hydrogens (tertiary/aromatic N) is 5. The smallest absolute Gasteiger partial charge is 0.270 e. The maximum atomic E-state index is 12.1. The Morgan fingerprint density at radius 1 is 1.15 bits per heavy atom. The highest BCUT2D eigenvalue weighted by Crippen LogP contribution is 2.11. The average Bonchev–Trinajstić information content (AvgIpc) is 2.94. The lowest BCUT2D eigenvalue weighted by molar-refractivity contribution is -0.125. The maximum absolute atomic E-state index is 12.1. The Kier molecular flexibility index (Phi) is 3.28. The van der Waals surface area contributed by atoms with E-state index in [2.05, 4.69) is 20.5 Å². The third-order valence-electron chi connectivity index (χ3n) is 3.29. The molecule has 0 radical (unpaired) electrons. The van der Waals surface area contributed by atoms with E-state index >= 15 is 0 Å². The number of anilines is 1. The Bertz CT molecular complexity index is 550. The third-order valence-corrected chi connectivity index (χ3v) is 3.29. The molecular weight excluding hydrogens is 260 g/mol. The van der Waals surface area contributed by atoms with E-state index in [0.717, 1.165) is 0 Å². The lowest BCUT2D eigenvalue weighted by atomic mass is 10.2. The van der Waals surface area contributed by atoms with Gasteiger partial charge in [-0.3, -0.25) is 9.59 Å². The van der Waals surface area contributed by atoms with Gasteiger partial charge in [0, 0.05) is 38.6 Å². The molecule has 3 heterocycles. The van der Waals surface area contributed by atoms with Crippen LogP contribution in [0.2, 0.25) is 0 Å². The first-order chi connectivity index (χ1) is 9.74. The number of amides is 2. The predicted molar refractivity (Wildman–Crippen MR) is 71.0 cm³/mol. The van der Waals surface area contributed by atoms with Crippen LogP contribution < -0.4 is 10.3 Å². The van der Waals surface area contributed by atoms with Crippen molar-refractivity contribution in [2.75, 3.05) is 31.1 Å². The molecule has 1 aromatic rings. The van der Waals surface area contributed by atoms with Crippen LogP contribution in [0.1, 0.15) is 6.42 Å². The second-order valence-electron chi connectivity index (χ2n) is 4.60. The summed E-state index contributed by atoms with van der Waals surface area (Å²) in [5.74, 6) is 0.274. The SMILES string of the molecule is O=C1CC(C(=O)N2CCN(c3ncccn3)CC2)=NN1. The van der Waals surface area contributed by atoms with Crippen molar-refractivity contribution in [1.29, 1.82) is 0 Å². The number of hydrogen-bond acceptors (Lipinski definition) is 6. The molecule has 2 aliphatic rings. The highest BCUT2D eigenvalue weighted by molar-refractivity contribution is 6.43. The van der Waals surface area contributed by atoms with E-state index in [0.29, 0.717) is 37.8 Å². The Morgan fingerprint density at radius 3 is 2.45 bits per heavy atom. The molecule has 2 amide bonds. The zero-order valence-electron chi connectivity index (χ0n) is 10.8. The van der Waals surface area contributed by atoms with E-state index < -0.39 is 0 Å². The van der Waals surface area contributed by atoms with E-state index in [1.54, 1.807) is 23.4 Å². The van der Waals surface area contributed by atoms with Gasteiger partial charge in [0.05, 0.1) is 6.42 Å². The van der Waals surface area contributed by atoms with Gasteiger partial charge in [0.1, 0.15) is 5.71 Å². The van der Waals surface area contributed by atoms with Crippen molar-refractivity contribution in [3.63, 3.8) is 0 Å². The molecule has 0 aliphatic carbocycles. The van der Waals surface area contributed by atoms with Crippen LogP contribution in [-0.4, -0.2) is 58.6 Å². The Labute approximate surface area is 115 Å². The van der Waals surface area contributed by atoms with Crippen molar-refractivity contribution in [2.45, 2.75) is 6.42 Å². The summed E-state index contributed by atoms with van der Waals surface area (Å²) in [6, 6.07) is 1.77. The van der Waals surface area contributed by atoms with Gasteiger partial charge >= 0.3 is 0 Å². The molecule has 0 spiro atoms. The normalized spacial score (nSPS) is 18.8. The van der Waals surface area contributed by atoms with Gasteiger partial charge in [0.25, 0.3) is 5.91 Å². The van der Waals surface area contributed by atoms with Crippen LogP contribution in [0.4, 0.5) is 5.95 Å². The second kappa shape index (κ2) is 5.24. The van der Waals surface area contributed by atoms with Gasteiger partial charge in [-0.15, -0.1) is 0 Å². The van der Waals surface area contributed by atoms with E-state index in [9.17, 15) is 9.59 Å². The summed E-state index contributed by atoms with van der Waals surface area (Å²) in [7, 11) is 0. The summed E-state index contributed by atoms with van der Waals surface area (Å²) < 4.78 is 0. The molecule has 0 bridgehead atoms. The molecule has 0 atom stereocenters. The molecule has 0 unspecified atom stereocenters. The number of hydrazone groups is 1. The van der Waals surface area contributed by atoms with Gasteiger partial charge < -0.3 is 9.80 Å². The van der Waals surface area contributed by atoms with E-state index in [1.807, 2.05) is 4.90 Å². The van der Waals surface area contributed by atoms with Crippen LogP contribution in [-0.2, 0) is 9.59 Å². The molecule has 1 saturated heterocycles. The molecule has 104 valence electrons. The minimum absolute atomic E-state index is 0.0703. The summed E-state index contributed by atoms with van der Waals surface area (Å²) in [5, 5.41) is 3.76. The Morgan fingerprint density at radius 2 is 1.85 bits per heavy atom. The van der Waals surface area contributed by atoms with Crippen molar-refractivity contribution in [3.05, 3.63) is 18.5 Å². The van der Waals surface area contributed by atoms with Crippen molar-refractivity contribution < 1.29 is 9.59 Å². The highest BCUT2D eigenvalue weighted by atomic mass is 16.2. The maximum Gasteiger partial charge on any atom is 0.270 e. The predicted octanol–water partition coefficient (Wildman–Crippen LogP) is -0.999. The lowest BCUT2D eigenvalue weighted by Gasteiger charge is -2.34. The number of hydrogen-bond donors (Lipinski definition) is 1. The molecule has 3 rings (SSSR count). The quantitative estimate of drug-likeness (QED) is 0.747. The Hall–Kier alpha value is -2.51. The van der Waals surface area contributed by atoms with E-state index in [4.69, 9.17) is 0 Å². The van der Waals surface area contributed by atoms with Crippen molar-refractivity contribution >= 4 is 23.5 Å². The van der Waals surface area contributed by atoms with Gasteiger partial charge in [0.2, 0.25) is 11.9 Å². The monoisotopic (exact) mass is 274 g/mol. The van der Waals surface area contributed by atoms with Gasteiger partial charge in [-0.2, -0.15) is 5.10 Å². The summed E-state index contributed by atoms with van der Waals surface area (Å²) in [5.41, 5.74) is 2.59. The topological polar surface area (TPSA) is 90.8 Å². The molecule has 1 fully saturated rings. The standard InChI is InChI=1S/C12H14N6O2/c19-10-8-9(15-16-10)11(20)17-4-6-18(7-5-17)12-13-2-1-3-14-12/h1-3H,4-8H2,(H,16,19). The van der Waals surface area contributed by atoms with Crippen LogP contribution in [0, 0.1) is 0 Å². The lowest BCUT2D eigenvalue weighted by Crippen LogP contribution is -2.51. The molecule has 0 saturated carbocycles. The van der Waals surface area contributed by atoms with Crippen LogP contribution in [0.15, 0.2) is 23.6 Å². The molecule has 0 aromatic carbocycles. The van der Waals surface area contributed by atoms with Crippen molar-refractivity contribution in [1.82, 2.24) is 20.3 Å². The summed E-state index contributed by atoms with van der Waals surface area (Å²) in [4.78, 5) is 35.3. The number of aromatic nitrogens is 2. The summed E-state index contributed by atoms with van der Waals surface area (Å²) >= 11 is 0. The van der Waals surface area contributed by atoms with Gasteiger partial charge in [0.15, 0.2) is 0 Å². The van der Waals surface area contributed by atoms with E-state index in [1.165, 1.54) is 0 Å². The minimum atomic E-state index is -0.232. The Balaban J connectivity index is 1.59. The van der Waals surface area contributed by atoms with Gasteiger partial charge in [-0.05, 0) is 6.07 Å². The van der Waals surface area contributed by atoms with Crippen LogP contribution >= 0.6 is 0 Å². The van der Waals surface area contributed by atoms with Crippen molar-refractivity contribution in [3.8, 4) is 0 Å². The van der Waals surface area contributed by atoms with Crippen LogP contribution in [0.5, 0.6) is 0 Å². The molecule has 8 heteroatoms. The fourth-order valence-corrected chi connectivity index (χ4v) is 2.23. The van der Waals surface area contributed by atoms with Crippen LogP contribution in [0.3, 0.4) is 0 Å².